The van der Waals surface area contributed by atoms with Gasteiger partial charge in [-0.2, -0.15) is 0 Å². The van der Waals surface area contributed by atoms with Gasteiger partial charge in [-0.25, -0.2) is 18.1 Å². The Balaban J connectivity index is 1.40. The van der Waals surface area contributed by atoms with E-state index in [0.717, 1.165) is 25.1 Å². The van der Waals surface area contributed by atoms with Crippen LogP contribution in [0.1, 0.15) is 22.6 Å². The van der Waals surface area contributed by atoms with Crippen molar-refractivity contribution in [3.63, 3.8) is 0 Å². The fraction of sp³-hybridized carbons (Fsp3) is 0.375. The number of hydrogen-bond acceptors (Lipinski definition) is 5. The van der Waals surface area contributed by atoms with E-state index < -0.39 is 10.0 Å². The molecule has 0 spiro atoms. The zero-order valence-electron chi connectivity index (χ0n) is 18.5. The first kappa shape index (κ1) is 22.5. The van der Waals surface area contributed by atoms with Crippen molar-refractivity contribution in [1.29, 1.82) is 0 Å². The minimum Gasteiger partial charge on any atom is -0.492 e. The van der Waals surface area contributed by atoms with Crippen LogP contribution in [0.3, 0.4) is 0 Å². The molecule has 3 aromatic rings. The van der Waals surface area contributed by atoms with E-state index in [-0.39, 0.29) is 18.2 Å². The summed E-state index contributed by atoms with van der Waals surface area (Å²) in [6.07, 6.45) is 4.98. The number of imidazole rings is 1. The third kappa shape index (κ3) is 5.20. The SMILES string of the molecule is CNCC1Cc2ccc(OCCNS(=O)(=O)c3cn(C)cn3)cc2C1Cc1ccccc1. The Morgan fingerprint density at radius 3 is 2.72 bits per heavy atom. The van der Waals surface area contributed by atoms with Crippen molar-refractivity contribution in [2.45, 2.75) is 23.8 Å². The molecule has 2 aromatic carbocycles. The fourth-order valence-electron chi connectivity index (χ4n) is 4.44. The van der Waals surface area contributed by atoms with Gasteiger partial charge in [0.05, 0.1) is 6.33 Å². The van der Waals surface area contributed by atoms with Crippen molar-refractivity contribution in [2.24, 2.45) is 13.0 Å². The van der Waals surface area contributed by atoms with Crippen molar-refractivity contribution in [3.8, 4) is 5.75 Å². The number of nitrogens with zero attached hydrogens (tertiary/aromatic N) is 2. The fourth-order valence-corrected chi connectivity index (χ4v) is 5.43. The second kappa shape index (κ2) is 9.85. The maximum atomic E-state index is 12.3. The Labute approximate surface area is 189 Å². The summed E-state index contributed by atoms with van der Waals surface area (Å²) < 4.78 is 34.6. The van der Waals surface area contributed by atoms with E-state index >= 15 is 0 Å². The maximum Gasteiger partial charge on any atom is 0.259 e. The third-order valence-electron chi connectivity index (χ3n) is 5.95. The highest BCUT2D eigenvalue weighted by Crippen LogP contribution is 2.41. The van der Waals surface area contributed by atoms with Crippen LogP contribution in [0.2, 0.25) is 0 Å². The highest BCUT2D eigenvalue weighted by molar-refractivity contribution is 7.89. The second-order valence-corrected chi connectivity index (χ2v) is 10.0. The van der Waals surface area contributed by atoms with Gasteiger partial charge in [-0.1, -0.05) is 36.4 Å². The van der Waals surface area contributed by atoms with Gasteiger partial charge in [-0.05, 0) is 67.1 Å². The van der Waals surface area contributed by atoms with Crippen LogP contribution in [0, 0.1) is 5.92 Å². The Hall–Kier alpha value is -2.68. The topological polar surface area (TPSA) is 85.3 Å². The smallest absolute Gasteiger partial charge is 0.259 e. The van der Waals surface area contributed by atoms with E-state index in [2.05, 4.69) is 51.4 Å². The summed E-state index contributed by atoms with van der Waals surface area (Å²) in [4.78, 5) is 3.90. The molecular weight excluding hydrogens is 424 g/mol. The largest absolute Gasteiger partial charge is 0.492 e. The molecule has 2 unspecified atom stereocenters. The maximum absolute atomic E-state index is 12.3. The average molecular weight is 455 g/mol. The van der Waals surface area contributed by atoms with Gasteiger partial charge in [-0.15, -0.1) is 0 Å². The first-order valence-corrected chi connectivity index (χ1v) is 12.4. The molecule has 4 rings (SSSR count). The van der Waals surface area contributed by atoms with Gasteiger partial charge in [0.2, 0.25) is 0 Å². The van der Waals surface area contributed by atoms with E-state index in [4.69, 9.17) is 4.74 Å². The van der Waals surface area contributed by atoms with Crippen LogP contribution in [0.25, 0.3) is 0 Å². The molecule has 0 bridgehead atoms. The van der Waals surface area contributed by atoms with Gasteiger partial charge >= 0.3 is 0 Å². The number of benzene rings is 2. The summed E-state index contributed by atoms with van der Waals surface area (Å²) in [6, 6.07) is 16.8. The van der Waals surface area contributed by atoms with Gasteiger partial charge in [0.1, 0.15) is 12.4 Å². The Morgan fingerprint density at radius 2 is 2.00 bits per heavy atom. The van der Waals surface area contributed by atoms with Crippen molar-refractivity contribution in [3.05, 3.63) is 77.7 Å². The van der Waals surface area contributed by atoms with Crippen molar-refractivity contribution < 1.29 is 13.2 Å². The van der Waals surface area contributed by atoms with Gasteiger partial charge in [0.15, 0.2) is 5.03 Å². The highest BCUT2D eigenvalue weighted by Gasteiger charge is 2.32. The summed E-state index contributed by atoms with van der Waals surface area (Å²) in [6.45, 7) is 1.39. The molecule has 0 radical (unpaired) electrons. The molecule has 2 atom stereocenters. The van der Waals surface area contributed by atoms with E-state index in [1.807, 2.05) is 19.2 Å². The molecule has 0 saturated heterocycles. The normalized spacial score (nSPS) is 17.9. The van der Waals surface area contributed by atoms with E-state index in [1.54, 1.807) is 11.6 Å². The van der Waals surface area contributed by atoms with Crippen LogP contribution in [0.15, 0.2) is 66.1 Å². The molecule has 170 valence electrons. The van der Waals surface area contributed by atoms with Crippen LogP contribution in [-0.2, 0) is 29.9 Å². The van der Waals surface area contributed by atoms with E-state index in [9.17, 15) is 8.42 Å². The van der Waals surface area contributed by atoms with E-state index in [0.29, 0.717) is 11.8 Å². The molecular formula is C24H30N4O3S. The molecule has 8 heteroatoms. The second-order valence-electron chi connectivity index (χ2n) is 8.30. The monoisotopic (exact) mass is 454 g/mol. The van der Waals surface area contributed by atoms with Gasteiger partial charge in [-0.3, -0.25) is 0 Å². The molecule has 0 fully saturated rings. The molecule has 2 N–H and O–H groups in total. The molecule has 0 aliphatic heterocycles. The van der Waals surface area contributed by atoms with Gasteiger partial charge < -0.3 is 14.6 Å². The third-order valence-corrected chi connectivity index (χ3v) is 7.30. The Kier molecular flexibility index (Phi) is 6.93. The van der Waals surface area contributed by atoms with Gasteiger partial charge in [0, 0.05) is 19.8 Å². The standard InChI is InChI=1S/C24H30N4O3S/c1-25-15-20-13-19-8-9-21(14-23(19)22(20)12-18-6-4-3-5-7-18)31-11-10-27-32(29,30)24-16-28(2)17-26-24/h3-9,14,16-17,20,22,25,27H,10-13,15H2,1-2H3. The summed E-state index contributed by atoms with van der Waals surface area (Å²) in [7, 11) is 0.105. The summed E-state index contributed by atoms with van der Waals surface area (Å²) in [5, 5.41) is 3.35. The van der Waals surface area contributed by atoms with Crippen LogP contribution < -0.4 is 14.8 Å². The quantitative estimate of drug-likeness (QED) is 0.460. The molecule has 1 aromatic heterocycles. The number of ether oxygens (including phenoxy) is 1. The van der Waals surface area contributed by atoms with Crippen LogP contribution >= 0.6 is 0 Å². The highest BCUT2D eigenvalue weighted by atomic mass is 32.2. The lowest BCUT2D eigenvalue weighted by atomic mass is 9.86. The predicted octanol–water partition coefficient (Wildman–Crippen LogP) is 2.50. The molecule has 0 amide bonds. The Bertz CT molecular complexity index is 1150. The number of aromatic nitrogens is 2. The van der Waals surface area contributed by atoms with Crippen LogP contribution in [0.5, 0.6) is 5.75 Å². The number of nitrogens with one attached hydrogen (secondary N) is 2. The summed E-state index contributed by atoms with van der Waals surface area (Å²) in [5.41, 5.74) is 4.04. The molecule has 1 aliphatic rings. The summed E-state index contributed by atoms with van der Waals surface area (Å²) in [5.74, 6) is 1.73. The molecule has 0 saturated carbocycles. The lowest BCUT2D eigenvalue weighted by Crippen LogP contribution is -2.28. The minimum absolute atomic E-state index is 0.0110. The number of aryl methyl sites for hydroxylation is 1. The lowest BCUT2D eigenvalue weighted by molar-refractivity contribution is 0.322. The zero-order chi connectivity index (χ0) is 22.6. The number of sulfonamides is 1. The number of rotatable bonds is 10. The first-order chi connectivity index (χ1) is 15.5. The predicted molar refractivity (Wildman–Crippen MR) is 124 cm³/mol. The van der Waals surface area contributed by atoms with Crippen molar-refractivity contribution in [2.75, 3.05) is 26.7 Å². The van der Waals surface area contributed by atoms with Crippen LogP contribution in [-0.4, -0.2) is 44.7 Å². The zero-order valence-corrected chi connectivity index (χ0v) is 19.3. The minimum atomic E-state index is -3.63. The van der Waals surface area contributed by atoms with Crippen molar-refractivity contribution in [1.82, 2.24) is 19.6 Å². The number of hydrogen-bond donors (Lipinski definition) is 2. The Morgan fingerprint density at radius 1 is 1.19 bits per heavy atom. The molecule has 1 aliphatic carbocycles. The summed E-state index contributed by atoms with van der Waals surface area (Å²) >= 11 is 0. The first-order valence-electron chi connectivity index (χ1n) is 10.9. The molecule has 1 heterocycles. The molecule has 32 heavy (non-hydrogen) atoms. The van der Waals surface area contributed by atoms with Crippen molar-refractivity contribution >= 4 is 10.0 Å². The van der Waals surface area contributed by atoms with Gasteiger partial charge in [0.25, 0.3) is 10.0 Å². The average Bonchev–Trinajstić information content (AvgIpc) is 3.37. The molecule has 7 nitrogen and oxygen atoms in total. The van der Waals surface area contributed by atoms with E-state index in [1.165, 1.54) is 29.2 Å². The van der Waals surface area contributed by atoms with Crippen LogP contribution in [0.4, 0.5) is 0 Å². The number of fused-ring (bicyclic) bond motifs is 1. The lowest BCUT2D eigenvalue weighted by Gasteiger charge is -2.21.